The highest BCUT2D eigenvalue weighted by Crippen LogP contribution is 2.64. The predicted octanol–water partition coefficient (Wildman–Crippen LogP) is 6.99. The molecule has 0 amide bonds. The van der Waals surface area contributed by atoms with Gasteiger partial charge in [-0.15, -0.1) is 12.8 Å². The molecule has 8 unspecified atom stereocenters. The van der Waals surface area contributed by atoms with E-state index in [1.54, 1.807) is 0 Å². The average Bonchev–Trinajstić information content (AvgIpc) is 3.70. The quantitative estimate of drug-likeness (QED) is 0.337. The van der Waals surface area contributed by atoms with E-state index < -0.39 is 12.2 Å². The molecule has 0 spiro atoms. The lowest BCUT2D eigenvalue weighted by Gasteiger charge is -2.54. The minimum absolute atomic E-state index is 0.00161. The van der Waals surface area contributed by atoms with Crippen LogP contribution >= 0.6 is 0 Å². The molecule has 0 aromatic carbocycles. The molecule has 0 aliphatic heterocycles. The van der Waals surface area contributed by atoms with Gasteiger partial charge in [-0.05, 0) is 149 Å². The first-order valence-corrected chi connectivity index (χ1v) is 18.1. The number of allylic oxidation sites excluding steroid dienone is 2. The van der Waals surface area contributed by atoms with Gasteiger partial charge in [0.05, 0.1) is 0 Å². The Bertz CT molecular complexity index is 1210. The summed E-state index contributed by atoms with van der Waals surface area (Å²) in [4.78, 5) is 23.4. The highest BCUT2D eigenvalue weighted by atomic mass is 16.3. The van der Waals surface area contributed by atoms with E-state index in [9.17, 15) is 19.8 Å². The second-order valence-electron chi connectivity index (χ2n) is 16.1. The van der Waals surface area contributed by atoms with Crippen LogP contribution in [-0.4, -0.2) is 34.0 Å². The molecule has 0 aromatic rings. The Morgan fingerprint density at radius 1 is 0.591 bits per heavy atom. The summed E-state index contributed by atoms with van der Waals surface area (Å²) in [6, 6.07) is 0. The van der Waals surface area contributed by atoms with Crippen molar-refractivity contribution in [3.8, 4) is 24.7 Å². The van der Waals surface area contributed by atoms with Gasteiger partial charge in [0.1, 0.15) is 12.2 Å². The summed E-state index contributed by atoms with van der Waals surface area (Å²) in [5, 5.41) is 21.0. The number of terminal acetylenes is 2. The monoisotopic (exact) mass is 596 g/mol. The molecule has 236 valence electrons. The van der Waals surface area contributed by atoms with E-state index in [0.29, 0.717) is 35.2 Å². The lowest BCUT2D eigenvalue weighted by Crippen LogP contribution is -2.50. The second kappa shape index (κ2) is 11.9. The third-order valence-electron chi connectivity index (χ3n) is 14.8. The lowest BCUT2D eigenvalue weighted by molar-refractivity contribution is -0.117. The molecule has 12 atom stereocenters. The molecule has 6 fully saturated rings. The first kappa shape index (κ1) is 30.5. The summed E-state index contributed by atoms with van der Waals surface area (Å²) in [5.74, 6) is 11.4. The molecule has 2 N–H and O–H groups in total. The van der Waals surface area contributed by atoms with E-state index >= 15 is 0 Å². The lowest BCUT2D eigenvalue weighted by atomic mass is 9.51. The number of carbonyl (C=O) groups is 2. The molecule has 4 heteroatoms. The zero-order valence-electron chi connectivity index (χ0n) is 26.5. The Morgan fingerprint density at radius 2 is 1.02 bits per heavy atom. The second-order valence-corrected chi connectivity index (χ2v) is 16.1. The van der Waals surface area contributed by atoms with Crippen LogP contribution in [0.1, 0.15) is 116 Å². The van der Waals surface area contributed by atoms with Gasteiger partial charge in [0.2, 0.25) is 0 Å². The van der Waals surface area contributed by atoms with E-state index in [2.05, 4.69) is 11.8 Å². The van der Waals surface area contributed by atoms with Crippen LogP contribution in [0, 0.1) is 82.9 Å². The number of hydrogen-bond donors (Lipinski definition) is 2. The number of aliphatic hydroxyl groups excluding tert-OH is 2. The van der Waals surface area contributed by atoms with Crippen molar-refractivity contribution in [3.63, 3.8) is 0 Å². The standard InChI is InChI=1S/2C20H26O2/c2*1-2-19(22)20-10-3-4-18(20)17-7-5-13-12-14(21)6-8-15(13)16(17)9-11-20/h2*1,12,15-19,22H,3-11H2/t15-,16?,17?,18?,19+,20?;15-,16?,17?,18?,19-,20?/m00/s1. The fraction of sp³-hybridized carbons (Fsp3) is 0.750. The van der Waals surface area contributed by atoms with Crippen LogP contribution in [-0.2, 0) is 9.59 Å². The summed E-state index contributed by atoms with van der Waals surface area (Å²) >= 11 is 0. The van der Waals surface area contributed by atoms with Crippen LogP contribution < -0.4 is 0 Å². The van der Waals surface area contributed by atoms with Crippen molar-refractivity contribution in [2.45, 2.75) is 128 Å². The highest BCUT2D eigenvalue weighted by molar-refractivity contribution is 5.91. The number of carbonyl (C=O) groups excluding carboxylic acids is 2. The van der Waals surface area contributed by atoms with Crippen molar-refractivity contribution in [2.75, 3.05) is 0 Å². The molecule has 8 rings (SSSR count). The minimum atomic E-state index is -0.564. The zero-order valence-corrected chi connectivity index (χ0v) is 26.5. The van der Waals surface area contributed by atoms with E-state index in [0.717, 1.165) is 87.9 Å². The van der Waals surface area contributed by atoms with Crippen LogP contribution in [0.15, 0.2) is 23.3 Å². The summed E-state index contributed by atoms with van der Waals surface area (Å²) in [6.07, 6.45) is 33.8. The first-order chi connectivity index (χ1) is 21.3. The van der Waals surface area contributed by atoms with Crippen molar-refractivity contribution in [2.24, 2.45) is 58.2 Å². The smallest absolute Gasteiger partial charge is 0.155 e. The topological polar surface area (TPSA) is 74.6 Å². The van der Waals surface area contributed by atoms with Crippen molar-refractivity contribution >= 4 is 11.6 Å². The van der Waals surface area contributed by atoms with Gasteiger partial charge in [-0.2, -0.15) is 0 Å². The van der Waals surface area contributed by atoms with Gasteiger partial charge in [0.15, 0.2) is 11.6 Å². The van der Waals surface area contributed by atoms with E-state index in [4.69, 9.17) is 12.8 Å². The number of hydrogen-bond acceptors (Lipinski definition) is 4. The van der Waals surface area contributed by atoms with E-state index in [1.165, 1.54) is 62.5 Å². The largest absolute Gasteiger partial charge is 0.380 e. The normalized spacial score (nSPS) is 45.1. The Morgan fingerprint density at radius 3 is 1.43 bits per heavy atom. The molecule has 0 saturated heterocycles. The van der Waals surface area contributed by atoms with Gasteiger partial charge in [-0.1, -0.05) is 35.8 Å². The van der Waals surface area contributed by atoms with Crippen LogP contribution in [0.25, 0.3) is 0 Å². The van der Waals surface area contributed by atoms with Crippen molar-refractivity contribution in [1.29, 1.82) is 0 Å². The average molecular weight is 597 g/mol. The molecular formula is C40H52O4. The van der Waals surface area contributed by atoms with Gasteiger partial charge in [-0.3, -0.25) is 9.59 Å². The van der Waals surface area contributed by atoms with Crippen LogP contribution in [0.4, 0.5) is 0 Å². The van der Waals surface area contributed by atoms with Gasteiger partial charge in [-0.25, -0.2) is 0 Å². The van der Waals surface area contributed by atoms with Crippen LogP contribution in [0.3, 0.4) is 0 Å². The first-order valence-electron chi connectivity index (χ1n) is 18.1. The van der Waals surface area contributed by atoms with Gasteiger partial charge < -0.3 is 10.2 Å². The van der Waals surface area contributed by atoms with E-state index in [1.807, 2.05) is 12.2 Å². The van der Waals surface area contributed by atoms with Crippen LogP contribution in [0.2, 0.25) is 0 Å². The minimum Gasteiger partial charge on any atom is -0.380 e. The van der Waals surface area contributed by atoms with Crippen LogP contribution in [0.5, 0.6) is 0 Å². The summed E-state index contributed by atoms with van der Waals surface area (Å²) < 4.78 is 0. The van der Waals surface area contributed by atoms with Gasteiger partial charge in [0.25, 0.3) is 0 Å². The molecule has 0 bridgehead atoms. The predicted molar refractivity (Wildman–Crippen MR) is 172 cm³/mol. The molecule has 4 nitrogen and oxygen atoms in total. The Balaban J connectivity index is 0.000000142. The fourth-order valence-corrected chi connectivity index (χ4v) is 13.1. The molecule has 0 heterocycles. The molecule has 0 radical (unpaired) electrons. The Labute approximate surface area is 264 Å². The Kier molecular flexibility index (Phi) is 8.25. The number of ketones is 2. The molecule has 8 aliphatic rings. The van der Waals surface area contributed by atoms with Crippen molar-refractivity contribution < 1.29 is 19.8 Å². The number of aliphatic hydroxyl groups is 2. The Hall–Kier alpha value is -2.14. The molecule has 0 aromatic heterocycles. The summed E-state index contributed by atoms with van der Waals surface area (Å²) in [5.41, 5.74) is 2.87. The number of rotatable bonds is 2. The maximum absolute atomic E-state index is 11.7. The van der Waals surface area contributed by atoms with Crippen molar-refractivity contribution in [3.05, 3.63) is 23.3 Å². The SMILES string of the molecule is C#C[C@@H](O)C12CCCC1C1CCC3=CC(=O)CC[C@@H]3C1CC2.C#C[C@H](O)C12CCCC1C1CCC3=CC(=O)CC[C@@H]3C1CC2. The maximum Gasteiger partial charge on any atom is 0.155 e. The highest BCUT2D eigenvalue weighted by Gasteiger charge is 2.58. The maximum atomic E-state index is 11.7. The molecule has 6 saturated carbocycles. The fourth-order valence-electron chi connectivity index (χ4n) is 13.1. The molecule has 8 aliphatic carbocycles. The van der Waals surface area contributed by atoms with Gasteiger partial charge in [0, 0.05) is 23.7 Å². The van der Waals surface area contributed by atoms with Gasteiger partial charge >= 0.3 is 0 Å². The van der Waals surface area contributed by atoms with E-state index in [-0.39, 0.29) is 10.8 Å². The molecular weight excluding hydrogens is 544 g/mol. The van der Waals surface area contributed by atoms with Crippen molar-refractivity contribution in [1.82, 2.24) is 0 Å². The third kappa shape index (κ3) is 4.81. The third-order valence-corrected chi connectivity index (χ3v) is 14.8. The zero-order chi connectivity index (χ0) is 30.6. The number of fused-ring (bicyclic) bond motifs is 10. The summed E-state index contributed by atoms with van der Waals surface area (Å²) in [7, 11) is 0. The summed E-state index contributed by atoms with van der Waals surface area (Å²) in [6.45, 7) is 0. The molecule has 44 heavy (non-hydrogen) atoms.